The number of hydroxylamine groups is 1. The Bertz CT molecular complexity index is 1850. The molecule has 0 saturated carbocycles. The van der Waals surface area contributed by atoms with E-state index in [1.807, 2.05) is 50.3 Å². The zero-order valence-corrected chi connectivity index (χ0v) is 27.3. The van der Waals surface area contributed by atoms with Gasteiger partial charge in [-0.05, 0) is 91.4 Å². The normalized spacial score (nSPS) is 11.9. The molecule has 0 aliphatic rings. The number of aromatic nitrogens is 1. The highest BCUT2D eigenvalue weighted by atomic mass is 17.3. The largest absolute Gasteiger partial charge is 0.508 e. The monoisotopic (exact) mass is 640 g/mol. The van der Waals surface area contributed by atoms with Gasteiger partial charge >= 0.3 is 0 Å². The number of carbonyl (C=O) groups is 1. The fourth-order valence-electron chi connectivity index (χ4n) is 5.87. The van der Waals surface area contributed by atoms with Gasteiger partial charge in [0.15, 0.2) is 5.78 Å². The molecule has 0 spiro atoms. The SMILES string of the molecule is COO.Cc1cc(N(OON)C(C)C(=O)CCCO)cc(C)c1-c1c2ccccc2[n+](C)c2cc(/C=C/c3ccc(O)cc3)ccc12. The number of phenolic OH excluding ortho intramolecular Hbond substituents is 1. The second-order valence-electron chi connectivity index (χ2n) is 11.3. The van der Waals surface area contributed by atoms with E-state index in [9.17, 15) is 15.0 Å². The predicted octanol–water partition coefficient (Wildman–Crippen LogP) is 6.36. The first-order valence-electron chi connectivity index (χ1n) is 15.2. The minimum atomic E-state index is -0.680. The molecule has 10 heteroatoms. The molecule has 1 aromatic heterocycles. The molecule has 1 heterocycles. The summed E-state index contributed by atoms with van der Waals surface area (Å²) >= 11 is 0. The number of aryl methyl sites for hydroxylation is 3. The van der Waals surface area contributed by atoms with E-state index in [4.69, 9.17) is 16.1 Å². The molecule has 1 unspecified atom stereocenters. The number of aliphatic hydroxyl groups is 1. The first kappa shape index (κ1) is 35.2. The van der Waals surface area contributed by atoms with E-state index < -0.39 is 6.04 Å². The van der Waals surface area contributed by atoms with Crippen LogP contribution in [0.4, 0.5) is 5.69 Å². The second-order valence-corrected chi connectivity index (χ2v) is 11.3. The average Bonchev–Trinajstić information content (AvgIpc) is 3.07. The number of rotatable bonds is 11. The first-order valence-corrected chi connectivity index (χ1v) is 15.2. The standard InChI is InChI=1S/C36H37N3O5.CH4O2/c1-23-20-28(39(44-43-37)25(3)34(42)10-7-19-40)21-24(2)35(23)36-30-8-5-6-9-32(30)38(4)33-22-27(15-18-31(33)36)12-11-26-13-16-29(41)17-14-26;1-3-2/h5-6,8-9,11-18,20-22,25,40H,7,10,19,37H2,1-4H3;2H,1H3/p+1. The van der Waals surface area contributed by atoms with Crippen molar-refractivity contribution in [3.63, 3.8) is 0 Å². The minimum Gasteiger partial charge on any atom is -0.508 e. The van der Waals surface area contributed by atoms with Gasteiger partial charge in [-0.3, -0.25) is 10.1 Å². The number of aromatic hydroxyl groups is 1. The quantitative estimate of drug-likeness (QED) is 0.0427. The van der Waals surface area contributed by atoms with Crippen LogP contribution in [0.1, 0.15) is 42.0 Å². The number of hydrogen-bond acceptors (Lipinski definition) is 9. The number of para-hydroxylation sites is 1. The van der Waals surface area contributed by atoms with Crippen LogP contribution >= 0.6 is 0 Å². The van der Waals surface area contributed by atoms with Crippen molar-refractivity contribution in [3.05, 3.63) is 101 Å². The number of phenols is 1. The number of hydrogen-bond donors (Lipinski definition) is 4. The molecule has 10 nitrogen and oxygen atoms in total. The maximum absolute atomic E-state index is 12.8. The Kier molecular flexibility index (Phi) is 12.2. The van der Waals surface area contributed by atoms with Gasteiger partial charge in [0.05, 0.1) is 23.6 Å². The van der Waals surface area contributed by atoms with Crippen molar-refractivity contribution in [3.8, 4) is 16.9 Å². The highest BCUT2D eigenvalue weighted by Crippen LogP contribution is 2.40. The van der Waals surface area contributed by atoms with Gasteiger partial charge in [0, 0.05) is 30.7 Å². The number of fused-ring (bicyclic) bond motifs is 2. The van der Waals surface area contributed by atoms with E-state index in [-0.39, 0.29) is 24.6 Å². The van der Waals surface area contributed by atoms with Crippen LogP contribution in [-0.2, 0) is 26.7 Å². The van der Waals surface area contributed by atoms with Crippen LogP contribution in [0.5, 0.6) is 5.75 Å². The van der Waals surface area contributed by atoms with Gasteiger partial charge in [-0.2, -0.15) is 10.5 Å². The van der Waals surface area contributed by atoms with Crippen LogP contribution in [0.3, 0.4) is 0 Å². The van der Waals surface area contributed by atoms with E-state index in [0.717, 1.165) is 55.2 Å². The summed E-state index contributed by atoms with van der Waals surface area (Å²) in [6.07, 6.45) is 4.69. The average molecular weight is 641 g/mol. The predicted molar refractivity (Wildman–Crippen MR) is 184 cm³/mol. The molecular formula is C37H42N3O7+. The Labute approximate surface area is 274 Å². The van der Waals surface area contributed by atoms with Crippen LogP contribution < -0.4 is 15.5 Å². The zero-order chi connectivity index (χ0) is 34.1. The van der Waals surface area contributed by atoms with Gasteiger partial charge < -0.3 is 10.2 Å². The first-order chi connectivity index (χ1) is 22.6. The summed E-state index contributed by atoms with van der Waals surface area (Å²) in [6.45, 7) is 5.76. The smallest absolute Gasteiger partial charge is 0.213 e. The van der Waals surface area contributed by atoms with Gasteiger partial charge in [-0.15, -0.1) is 4.99 Å². The van der Waals surface area contributed by atoms with Crippen molar-refractivity contribution in [2.45, 2.75) is 39.7 Å². The summed E-state index contributed by atoms with van der Waals surface area (Å²) < 4.78 is 2.22. The van der Waals surface area contributed by atoms with E-state index in [0.29, 0.717) is 12.1 Å². The molecule has 5 rings (SSSR count). The highest BCUT2D eigenvalue weighted by molar-refractivity contribution is 6.09. The van der Waals surface area contributed by atoms with Gasteiger partial charge in [-0.25, -0.2) is 9.95 Å². The van der Waals surface area contributed by atoms with Crippen LogP contribution in [0.2, 0.25) is 0 Å². The number of aliphatic hydroxyl groups excluding tert-OH is 1. The maximum Gasteiger partial charge on any atom is 0.213 e. The molecule has 1 atom stereocenters. The third kappa shape index (κ3) is 8.01. The Morgan fingerprint density at radius 1 is 0.915 bits per heavy atom. The molecule has 0 bridgehead atoms. The zero-order valence-electron chi connectivity index (χ0n) is 27.3. The van der Waals surface area contributed by atoms with Crippen LogP contribution in [0.15, 0.2) is 78.9 Å². The highest BCUT2D eigenvalue weighted by Gasteiger charge is 2.26. The molecule has 4 aromatic carbocycles. The van der Waals surface area contributed by atoms with Gasteiger partial charge in [0.25, 0.3) is 0 Å². The lowest BCUT2D eigenvalue weighted by Gasteiger charge is -2.28. The fraction of sp³-hybridized carbons (Fsp3) is 0.243. The molecule has 0 aliphatic heterocycles. The lowest BCUT2D eigenvalue weighted by Crippen LogP contribution is -2.40. The lowest BCUT2D eigenvalue weighted by atomic mass is 9.89. The van der Waals surface area contributed by atoms with E-state index in [1.165, 1.54) is 12.2 Å². The molecule has 47 heavy (non-hydrogen) atoms. The molecular weight excluding hydrogens is 598 g/mol. The summed E-state index contributed by atoms with van der Waals surface area (Å²) in [6, 6.07) is 25.2. The summed E-state index contributed by atoms with van der Waals surface area (Å²) in [4.78, 5) is 25.9. The minimum absolute atomic E-state index is 0.0629. The molecule has 0 saturated heterocycles. The number of nitrogens with two attached hydrogens (primary N) is 1. The Hall–Kier alpha value is -4.68. The summed E-state index contributed by atoms with van der Waals surface area (Å²) in [5.74, 6) is 5.42. The van der Waals surface area contributed by atoms with E-state index >= 15 is 0 Å². The Morgan fingerprint density at radius 2 is 1.51 bits per heavy atom. The Morgan fingerprint density at radius 3 is 2.15 bits per heavy atom. The van der Waals surface area contributed by atoms with Crippen molar-refractivity contribution in [1.82, 2.24) is 0 Å². The summed E-state index contributed by atoms with van der Waals surface area (Å²) in [5.41, 5.74) is 9.09. The maximum atomic E-state index is 12.8. The number of Topliss-reactive ketones (excluding diaryl/α,β-unsaturated/α-hetero) is 1. The summed E-state index contributed by atoms with van der Waals surface area (Å²) in [7, 11) is 3.27. The third-order valence-corrected chi connectivity index (χ3v) is 8.09. The third-order valence-electron chi connectivity index (χ3n) is 8.09. The topological polar surface area (TPSA) is 139 Å². The molecule has 0 aliphatic carbocycles. The van der Waals surface area contributed by atoms with Crippen molar-refractivity contribution >= 4 is 45.4 Å². The Balaban J connectivity index is 0.00000160. The molecule has 5 aromatic rings. The number of nitrogens with zero attached hydrogens (tertiary/aromatic N) is 2. The fourth-order valence-corrected chi connectivity index (χ4v) is 5.87. The molecule has 0 fully saturated rings. The molecule has 0 amide bonds. The van der Waals surface area contributed by atoms with Crippen LogP contribution in [0.25, 0.3) is 45.1 Å². The lowest BCUT2D eigenvalue weighted by molar-refractivity contribution is -0.617. The number of carbonyl (C=O) groups excluding carboxylic acids is 1. The van der Waals surface area contributed by atoms with Crippen molar-refractivity contribution in [2.24, 2.45) is 12.9 Å². The van der Waals surface area contributed by atoms with Crippen molar-refractivity contribution in [1.29, 1.82) is 0 Å². The van der Waals surface area contributed by atoms with Gasteiger partial charge in [-0.1, -0.05) is 47.5 Å². The van der Waals surface area contributed by atoms with E-state index in [1.54, 1.807) is 19.1 Å². The van der Waals surface area contributed by atoms with Gasteiger partial charge in [0.1, 0.15) is 18.8 Å². The van der Waals surface area contributed by atoms with Crippen LogP contribution in [0, 0.1) is 13.8 Å². The number of ketones is 1. The van der Waals surface area contributed by atoms with E-state index in [2.05, 4.69) is 64.0 Å². The van der Waals surface area contributed by atoms with Crippen LogP contribution in [-0.4, -0.2) is 41.0 Å². The molecule has 246 valence electrons. The number of pyridine rings is 1. The van der Waals surface area contributed by atoms with Gasteiger partial charge in [0.2, 0.25) is 11.0 Å². The molecule has 0 radical (unpaired) electrons. The molecule has 5 N–H and O–H groups in total. The summed E-state index contributed by atoms with van der Waals surface area (Å²) in [5, 5.41) is 29.5. The number of anilines is 1. The number of benzene rings is 4. The second kappa shape index (κ2) is 16.2. The van der Waals surface area contributed by atoms with Crippen molar-refractivity contribution in [2.75, 3.05) is 18.8 Å². The van der Waals surface area contributed by atoms with Crippen molar-refractivity contribution < 1.29 is 39.7 Å².